The maximum Gasteiger partial charge on any atom is 0.234 e. The number of anilines is 1. The molecular formula is C13H19NOS. The monoisotopic (exact) mass is 237 g/mol. The van der Waals surface area contributed by atoms with Crippen molar-refractivity contribution in [3.63, 3.8) is 0 Å². The van der Waals surface area contributed by atoms with Gasteiger partial charge in [0.05, 0.1) is 5.75 Å². The summed E-state index contributed by atoms with van der Waals surface area (Å²) in [6.07, 6.45) is 2.37. The lowest BCUT2D eigenvalue weighted by Gasteiger charge is -2.07. The predicted molar refractivity (Wildman–Crippen MR) is 72.0 cm³/mol. The van der Waals surface area contributed by atoms with E-state index in [9.17, 15) is 4.79 Å². The minimum absolute atomic E-state index is 0.0930. The Morgan fingerprint density at radius 2 is 2.12 bits per heavy atom. The van der Waals surface area contributed by atoms with Gasteiger partial charge in [-0.15, -0.1) is 0 Å². The summed E-state index contributed by atoms with van der Waals surface area (Å²) in [4.78, 5) is 11.6. The van der Waals surface area contributed by atoms with Crippen LogP contribution in [0.4, 0.5) is 5.69 Å². The largest absolute Gasteiger partial charge is 0.325 e. The van der Waals surface area contributed by atoms with E-state index < -0.39 is 0 Å². The molecule has 0 aliphatic rings. The quantitative estimate of drug-likeness (QED) is 0.768. The predicted octanol–water partition coefficient (Wildman–Crippen LogP) is 3.47. The molecule has 88 valence electrons. The fraction of sp³-hybridized carbons (Fsp3) is 0.462. The van der Waals surface area contributed by atoms with E-state index in [4.69, 9.17) is 0 Å². The van der Waals surface area contributed by atoms with Gasteiger partial charge in [-0.3, -0.25) is 4.79 Å². The first-order valence-electron chi connectivity index (χ1n) is 5.67. The van der Waals surface area contributed by atoms with E-state index in [-0.39, 0.29) is 5.91 Å². The average Bonchev–Trinajstić information content (AvgIpc) is 2.28. The van der Waals surface area contributed by atoms with Crippen molar-refractivity contribution < 1.29 is 4.79 Å². The van der Waals surface area contributed by atoms with Crippen LogP contribution in [0.5, 0.6) is 0 Å². The van der Waals surface area contributed by atoms with E-state index in [0.29, 0.717) is 5.75 Å². The Hall–Kier alpha value is -0.960. The van der Waals surface area contributed by atoms with Crippen molar-refractivity contribution in [3.05, 3.63) is 29.8 Å². The van der Waals surface area contributed by atoms with Gasteiger partial charge in [-0.05, 0) is 30.7 Å². The number of thioether (sulfide) groups is 1. The van der Waals surface area contributed by atoms with Gasteiger partial charge in [0.15, 0.2) is 0 Å². The lowest BCUT2D eigenvalue weighted by atomic mass is 10.2. The van der Waals surface area contributed by atoms with Crippen LogP contribution >= 0.6 is 11.8 Å². The van der Waals surface area contributed by atoms with E-state index >= 15 is 0 Å². The number of hydrogen-bond donors (Lipinski definition) is 1. The zero-order valence-electron chi connectivity index (χ0n) is 9.95. The van der Waals surface area contributed by atoms with Crippen LogP contribution in [0.3, 0.4) is 0 Å². The normalized spacial score (nSPS) is 10.1. The van der Waals surface area contributed by atoms with Crippen molar-refractivity contribution in [1.82, 2.24) is 0 Å². The molecule has 2 nitrogen and oxygen atoms in total. The number of hydrogen-bond acceptors (Lipinski definition) is 2. The number of aryl methyl sites for hydroxylation is 1. The van der Waals surface area contributed by atoms with Gasteiger partial charge in [0.25, 0.3) is 0 Å². The number of para-hydroxylation sites is 1. The Bertz CT molecular complexity index is 338. The molecule has 0 fully saturated rings. The highest BCUT2D eigenvalue weighted by Crippen LogP contribution is 2.13. The topological polar surface area (TPSA) is 29.1 Å². The molecule has 16 heavy (non-hydrogen) atoms. The van der Waals surface area contributed by atoms with Crippen molar-refractivity contribution in [2.24, 2.45) is 0 Å². The zero-order valence-corrected chi connectivity index (χ0v) is 10.8. The maximum atomic E-state index is 11.6. The first kappa shape index (κ1) is 13.1. The van der Waals surface area contributed by atoms with Crippen LogP contribution in [0.2, 0.25) is 0 Å². The molecule has 3 heteroatoms. The number of carbonyl (C=O) groups is 1. The van der Waals surface area contributed by atoms with E-state index in [1.54, 1.807) is 11.8 Å². The van der Waals surface area contributed by atoms with Crippen LogP contribution in [0.25, 0.3) is 0 Å². The molecule has 0 saturated heterocycles. The summed E-state index contributed by atoms with van der Waals surface area (Å²) in [5.74, 6) is 1.71. The molecule has 0 saturated carbocycles. The summed E-state index contributed by atoms with van der Waals surface area (Å²) < 4.78 is 0. The van der Waals surface area contributed by atoms with Gasteiger partial charge in [0.2, 0.25) is 5.91 Å². The number of unbranched alkanes of at least 4 members (excludes halogenated alkanes) is 1. The fourth-order valence-electron chi connectivity index (χ4n) is 1.31. The van der Waals surface area contributed by atoms with Crippen LogP contribution in [0.15, 0.2) is 24.3 Å². The first-order chi connectivity index (χ1) is 7.74. The van der Waals surface area contributed by atoms with Crippen LogP contribution < -0.4 is 5.32 Å². The number of benzene rings is 1. The zero-order chi connectivity index (χ0) is 11.8. The summed E-state index contributed by atoms with van der Waals surface area (Å²) in [7, 11) is 0. The van der Waals surface area contributed by atoms with E-state index in [1.165, 1.54) is 12.8 Å². The number of amides is 1. The SMILES string of the molecule is CCCCSCC(=O)Nc1ccccc1C. The molecule has 0 atom stereocenters. The van der Waals surface area contributed by atoms with Gasteiger partial charge in [0.1, 0.15) is 0 Å². The smallest absolute Gasteiger partial charge is 0.234 e. The van der Waals surface area contributed by atoms with E-state index in [1.807, 2.05) is 31.2 Å². The highest BCUT2D eigenvalue weighted by atomic mass is 32.2. The third kappa shape index (κ3) is 4.71. The van der Waals surface area contributed by atoms with Crippen LogP contribution in [0, 0.1) is 6.92 Å². The molecule has 0 spiro atoms. The van der Waals surface area contributed by atoms with Gasteiger partial charge in [0, 0.05) is 5.69 Å². The second kappa shape index (κ2) is 7.34. The Morgan fingerprint density at radius 3 is 2.81 bits per heavy atom. The second-order valence-electron chi connectivity index (χ2n) is 3.77. The van der Waals surface area contributed by atoms with Gasteiger partial charge in [-0.1, -0.05) is 31.5 Å². The molecule has 0 aliphatic heterocycles. The summed E-state index contributed by atoms with van der Waals surface area (Å²) in [6, 6.07) is 7.84. The number of carbonyl (C=O) groups excluding carboxylic acids is 1. The standard InChI is InChI=1S/C13H19NOS/c1-3-4-9-16-10-13(15)14-12-8-6-5-7-11(12)2/h5-8H,3-4,9-10H2,1-2H3,(H,14,15). The number of rotatable bonds is 6. The number of nitrogens with one attached hydrogen (secondary N) is 1. The molecule has 0 bridgehead atoms. The molecule has 0 aromatic heterocycles. The van der Waals surface area contributed by atoms with Crippen molar-refractivity contribution in [1.29, 1.82) is 0 Å². The van der Waals surface area contributed by atoms with Gasteiger partial charge >= 0.3 is 0 Å². The van der Waals surface area contributed by atoms with Crippen LogP contribution in [0.1, 0.15) is 25.3 Å². The molecule has 1 aromatic rings. The van der Waals surface area contributed by atoms with Crippen LogP contribution in [-0.2, 0) is 4.79 Å². The lowest BCUT2D eigenvalue weighted by molar-refractivity contribution is -0.113. The third-order valence-electron chi connectivity index (χ3n) is 2.29. The molecule has 0 radical (unpaired) electrons. The van der Waals surface area contributed by atoms with Gasteiger partial charge in [-0.25, -0.2) is 0 Å². The highest BCUT2D eigenvalue weighted by Gasteiger charge is 2.03. The van der Waals surface area contributed by atoms with Crippen molar-refractivity contribution >= 4 is 23.4 Å². The minimum Gasteiger partial charge on any atom is -0.325 e. The molecule has 1 rings (SSSR count). The Morgan fingerprint density at radius 1 is 1.38 bits per heavy atom. The molecular weight excluding hydrogens is 218 g/mol. The summed E-state index contributed by atoms with van der Waals surface area (Å²) in [5, 5.41) is 2.93. The molecule has 0 unspecified atom stereocenters. The summed E-state index contributed by atoms with van der Waals surface area (Å²) in [5.41, 5.74) is 2.03. The third-order valence-corrected chi connectivity index (χ3v) is 3.34. The molecule has 0 aliphatic carbocycles. The van der Waals surface area contributed by atoms with Crippen molar-refractivity contribution in [3.8, 4) is 0 Å². The fourth-order valence-corrected chi connectivity index (χ4v) is 2.21. The Balaban J connectivity index is 2.32. The Labute approximate surface area is 102 Å². The molecule has 1 aromatic carbocycles. The maximum absolute atomic E-state index is 11.6. The Kier molecular flexibility index (Phi) is 6.01. The van der Waals surface area contributed by atoms with Gasteiger partial charge in [-0.2, -0.15) is 11.8 Å². The highest BCUT2D eigenvalue weighted by molar-refractivity contribution is 7.99. The minimum atomic E-state index is 0.0930. The van der Waals surface area contributed by atoms with Crippen molar-refractivity contribution in [2.45, 2.75) is 26.7 Å². The summed E-state index contributed by atoms with van der Waals surface area (Å²) in [6.45, 7) is 4.16. The average molecular weight is 237 g/mol. The first-order valence-corrected chi connectivity index (χ1v) is 6.82. The second-order valence-corrected chi connectivity index (χ2v) is 4.87. The van der Waals surface area contributed by atoms with E-state index in [2.05, 4.69) is 12.2 Å². The lowest BCUT2D eigenvalue weighted by Crippen LogP contribution is -2.15. The van der Waals surface area contributed by atoms with E-state index in [0.717, 1.165) is 17.0 Å². The van der Waals surface area contributed by atoms with Gasteiger partial charge < -0.3 is 5.32 Å². The summed E-state index contributed by atoms with van der Waals surface area (Å²) >= 11 is 1.70. The molecule has 1 N–H and O–H groups in total. The van der Waals surface area contributed by atoms with Crippen LogP contribution in [-0.4, -0.2) is 17.4 Å². The molecule has 1 amide bonds. The molecule has 0 heterocycles. The van der Waals surface area contributed by atoms with Crippen molar-refractivity contribution in [2.75, 3.05) is 16.8 Å².